The van der Waals surface area contributed by atoms with Crippen molar-refractivity contribution in [3.63, 3.8) is 0 Å². The van der Waals surface area contributed by atoms with Crippen molar-refractivity contribution in [1.82, 2.24) is 4.31 Å². The lowest BCUT2D eigenvalue weighted by molar-refractivity contribution is -0.116. The summed E-state index contributed by atoms with van der Waals surface area (Å²) in [6.07, 6.45) is 0. The van der Waals surface area contributed by atoms with Crippen molar-refractivity contribution in [2.24, 2.45) is 0 Å². The van der Waals surface area contributed by atoms with Crippen LogP contribution in [0.1, 0.15) is 0 Å². The van der Waals surface area contributed by atoms with Crippen LogP contribution in [-0.4, -0.2) is 39.3 Å². The molecule has 0 bridgehead atoms. The van der Waals surface area contributed by atoms with Crippen LogP contribution in [0, 0.1) is 5.82 Å². The molecule has 1 amide bonds. The number of likely N-dealkylation sites (N-methyl/N-ethyl adjacent to an activating group) is 1. The summed E-state index contributed by atoms with van der Waals surface area (Å²) in [4.78, 5) is 11.9. The fraction of sp³-hybridized carbons (Fsp3) is 0.188. The molecule has 9 heteroatoms. The third-order valence-electron chi connectivity index (χ3n) is 3.32. The number of methoxy groups -OCH3 is 1. The topological polar surface area (TPSA) is 75.7 Å². The Morgan fingerprint density at radius 2 is 2.00 bits per heavy atom. The summed E-state index contributed by atoms with van der Waals surface area (Å²) in [7, 11) is -1.24. The maximum Gasteiger partial charge on any atom is 0.243 e. The molecule has 0 aliphatic carbocycles. The van der Waals surface area contributed by atoms with Crippen molar-refractivity contribution >= 4 is 33.2 Å². The van der Waals surface area contributed by atoms with E-state index in [0.29, 0.717) is 11.4 Å². The number of amides is 1. The molecule has 0 unspecified atom stereocenters. The molecular weight excluding hydrogens is 371 g/mol. The van der Waals surface area contributed by atoms with Crippen molar-refractivity contribution in [3.8, 4) is 5.75 Å². The van der Waals surface area contributed by atoms with E-state index in [-0.39, 0.29) is 9.92 Å². The van der Waals surface area contributed by atoms with E-state index in [0.717, 1.165) is 22.5 Å². The van der Waals surface area contributed by atoms with Crippen LogP contribution in [0.15, 0.2) is 47.4 Å². The van der Waals surface area contributed by atoms with Crippen LogP contribution in [0.4, 0.5) is 10.1 Å². The van der Waals surface area contributed by atoms with Gasteiger partial charge in [-0.05, 0) is 30.3 Å². The van der Waals surface area contributed by atoms with E-state index in [4.69, 9.17) is 16.3 Å². The first-order chi connectivity index (χ1) is 11.7. The molecule has 0 spiro atoms. The maximum absolute atomic E-state index is 13.2. The molecule has 134 valence electrons. The van der Waals surface area contributed by atoms with Gasteiger partial charge in [0, 0.05) is 18.8 Å². The minimum Gasteiger partial charge on any atom is -0.497 e. The first-order valence-corrected chi connectivity index (χ1v) is 8.91. The Kier molecular flexibility index (Phi) is 5.99. The van der Waals surface area contributed by atoms with Crippen molar-refractivity contribution in [1.29, 1.82) is 0 Å². The summed E-state index contributed by atoms with van der Waals surface area (Å²) >= 11 is 5.62. The molecule has 0 aliphatic heterocycles. The van der Waals surface area contributed by atoms with E-state index in [2.05, 4.69) is 5.32 Å². The molecule has 2 aromatic rings. The molecule has 0 aliphatic rings. The van der Waals surface area contributed by atoms with Gasteiger partial charge in [-0.1, -0.05) is 17.7 Å². The molecule has 25 heavy (non-hydrogen) atoms. The highest BCUT2D eigenvalue weighted by Gasteiger charge is 2.24. The van der Waals surface area contributed by atoms with Crippen molar-refractivity contribution in [3.05, 3.63) is 53.3 Å². The summed E-state index contributed by atoms with van der Waals surface area (Å²) < 4.78 is 43.9. The zero-order valence-corrected chi connectivity index (χ0v) is 15.1. The number of sulfonamides is 1. The zero-order valence-electron chi connectivity index (χ0n) is 13.5. The molecule has 0 saturated heterocycles. The minimum absolute atomic E-state index is 0.199. The smallest absolute Gasteiger partial charge is 0.243 e. The molecule has 0 fully saturated rings. The van der Waals surface area contributed by atoms with Gasteiger partial charge in [0.1, 0.15) is 11.6 Å². The summed E-state index contributed by atoms with van der Waals surface area (Å²) in [6.45, 7) is -0.422. The zero-order chi connectivity index (χ0) is 18.6. The third kappa shape index (κ3) is 4.68. The molecule has 0 atom stereocenters. The van der Waals surface area contributed by atoms with E-state index < -0.39 is 28.3 Å². The van der Waals surface area contributed by atoms with E-state index in [1.807, 2.05) is 0 Å². The lowest BCUT2D eigenvalue weighted by Crippen LogP contribution is -2.35. The largest absolute Gasteiger partial charge is 0.497 e. The number of nitrogens with one attached hydrogen (secondary N) is 1. The van der Waals surface area contributed by atoms with Gasteiger partial charge in [-0.2, -0.15) is 4.31 Å². The Hall–Kier alpha value is -2.16. The highest BCUT2D eigenvalue weighted by Crippen LogP contribution is 2.22. The number of halogens is 2. The SMILES string of the molecule is COc1cccc(NC(=O)CN(C)S(=O)(=O)c2ccc(F)c(Cl)c2)c1. The molecule has 0 saturated carbocycles. The Balaban J connectivity index is 2.10. The van der Waals surface area contributed by atoms with Crippen LogP contribution < -0.4 is 10.1 Å². The monoisotopic (exact) mass is 386 g/mol. The number of benzene rings is 2. The van der Waals surface area contributed by atoms with E-state index in [9.17, 15) is 17.6 Å². The number of nitrogens with zero attached hydrogens (tertiary/aromatic N) is 1. The number of carbonyl (C=O) groups is 1. The average molecular weight is 387 g/mol. The number of rotatable bonds is 6. The highest BCUT2D eigenvalue weighted by atomic mass is 35.5. The van der Waals surface area contributed by atoms with Crippen LogP contribution >= 0.6 is 11.6 Å². The van der Waals surface area contributed by atoms with Gasteiger partial charge in [0.2, 0.25) is 15.9 Å². The van der Waals surface area contributed by atoms with E-state index in [1.54, 1.807) is 24.3 Å². The number of hydrogen-bond acceptors (Lipinski definition) is 4. The summed E-state index contributed by atoms with van der Waals surface area (Å²) in [5.41, 5.74) is 0.472. The number of anilines is 1. The second kappa shape index (κ2) is 7.81. The summed E-state index contributed by atoms with van der Waals surface area (Å²) in [5.74, 6) is -0.702. The summed E-state index contributed by atoms with van der Waals surface area (Å²) in [6, 6.07) is 9.70. The second-order valence-electron chi connectivity index (χ2n) is 5.12. The van der Waals surface area contributed by atoms with E-state index >= 15 is 0 Å². The predicted octanol–water partition coefficient (Wildman–Crippen LogP) is 2.75. The van der Waals surface area contributed by atoms with Gasteiger partial charge in [0.05, 0.1) is 23.6 Å². The Labute approximate surface area is 150 Å². The first kappa shape index (κ1) is 19.2. The fourth-order valence-corrected chi connectivity index (χ4v) is 3.40. The lowest BCUT2D eigenvalue weighted by atomic mass is 10.3. The van der Waals surface area contributed by atoms with Gasteiger partial charge in [-0.15, -0.1) is 0 Å². The van der Waals surface area contributed by atoms with Crippen LogP contribution in [0.5, 0.6) is 5.75 Å². The van der Waals surface area contributed by atoms with Gasteiger partial charge in [0.15, 0.2) is 0 Å². The van der Waals surface area contributed by atoms with Crippen molar-refractivity contribution in [2.45, 2.75) is 4.90 Å². The van der Waals surface area contributed by atoms with Crippen LogP contribution in [0.2, 0.25) is 5.02 Å². The molecule has 0 heterocycles. The maximum atomic E-state index is 13.2. The minimum atomic E-state index is -3.98. The van der Waals surface area contributed by atoms with Gasteiger partial charge in [-0.25, -0.2) is 12.8 Å². The summed E-state index contributed by atoms with van der Waals surface area (Å²) in [5, 5.41) is 2.27. The standard InChI is InChI=1S/C16H16ClFN2O4S/c1-20(25(22,23)13-6-7-15(18)14(17)9-13)10-16(21)19-11-4-3-5-12(8-11)24-2/h3-9H,10H2,1-2H3,(H,19,21). The molecular formula is C16H16ClFN2O4S. The molecule has 2 rings (SSSR count). The fourth-order valence-electron chi connectivity index (χ4n) is 2.01. The van der Waals surface area contributed by atoms with Crippen LogP contribution in [-0.2, 0) is 14.8 Å². The number of ether oxygens (including phenoxy) is 1. The Morgan fingerprint density at radius 3 is 2.64 bits per heavy atom. The van der Waals surface area contributed by atoms with Gasteiger partial charge >= 0.3 is 0 Å². The normalized spacial score (nSPS) is 11.4. The average Bonchev–Trinajstić information content (AvgIpc) is 2.57. The first-order valence-electron chi connectivity index (χ1n) is 7.09. The molecule has 6 nitrogen and oxygen atoms in total. The van der Waals surface area contributed by atoms with Gasteiger partial charge in [0.25, 0.3) is 0 Å². The van der Waals surface area contributed by atoms with Crippen LogP contribution in [0.25, 0.3) is 0 Å². The molecule has 0 radical (unpaired) electrons. The third-order valence-corrected chi connectivity index (χ3v) is 5.41. The lowest BCUT2D eigenvalue weighted by Gasteiger charge is -2.17. The second-order valence-corrected chi connectivity index (χ2v) is 7.57. The molecule has 0 aromatic heterocycles. The van der Waals surface area contributed by atoms with Crippen molar-refractivity contribution < 1.29 is 22.3 Å². The quantitative estimate of drug-likeness (QED) is 0.828. The highest BCUT2D eigenvalue weighted by molar-refractivity contribution is 7.89. The van der Waals surface area contributed by atoms with Crippen molar-refractivity contribution in [2.75, 3.05) is 26.0 Å². The number of hydrogen-bond donors (Lipinski definition) is 1. The molecule has 2 aromatic carbocycles. The van der Waals surface area contributed by atoms with E-state index in [1.165, 1.54) is 14.2 Å². The van der Waals surface area contributed by atoms with Gasteiger partial charge < -0.3 is 10.1 Å². The predicted molar refractivity (Wildman–Crippen MR) is 92.8 cm³/mol. The molecule has 1 N–H and O–H groups in total. The number of carbonyl (C=O) groups excluding carboxylic acids is 1. The Morgan fingerprint density at radius 1 is 1.28 bits per heavy atom. The van der Waals surface area contributed by atoms with Crippen LogP contribution in [0.3, 0.4) is 0 Å². The Bertz CT molecular complexity index is 889. The van der Waals surface area contributed by atoms with Gasteiger partial charge in [-0.3, -0.25) is 4.79 Å².